The largest absolute Gasteiger partial charge is 0.493 e. The number of rotatable bonds is 8. The quantitative estimate of drug-likeness (QED) is 0.673. The van der Waals surface area contributed by atoms with Gasteiger partial charge in [0.25, 0.3) is 5.91 Å². The molecular weight excluding hydrogens is 384 g/mol. The predicted octanol–water partition coefficient (Wildman–Crippen LogP) is 3.58. The molecule has 2 aromatic carbocycles. The lowest BCUT2D eigenvalue weighted by Gasteiger charge is -2.29. The van der Waals surface area contributed by atoms with Crippen molar-refractivity contribution in [1.29, 1.82) is 0 Å². The molecule has 2 aromatic rings. The second-order valence-corrected chi connectivity index (χ2v) is 7.15. The molecule has 1 N–H and O–H groups in total. The lowest BCUT2D eigenvalue weighted by molar-refractivity contribution is -0.121. The summed E-state index contributed by atoms with van der Waals surface area (Å²) in [4.78, 5) is 26.2. The van der Waals surface area contributed by atoms with Crippen molar-refractivity contribution < 1.29 is 23.8 Å². The van der Waals surface area contributed by atoms with E-state index in [0.717, 1.165) is 11.1 Å². The summed E-state index contributed by atoms with van der Waals surface area (Å²) in [5.74, 6) is 1.62. The van der Waals surface area contributed by atoms with Gasteiger partial charge in [-0.15, -0.1) is 0 Å². The number of carbonyl (C=O) groups is 2. The highest BCUT2D eigenvalue weighted by molar-refractivity contribution is 5.99. The fraction of sp³-hybridized carbons (Fsp3) is 0.304. The molecule has 30 heavy (non-hydrogen) atoms. The Kier molecular flexibility index (Phi) is 6.61. The Balaban J connectivity index is 1.63. The van der Waals surface area contributed by atoms with Gasteiger partial charge in [0.1, 0.15) is 5.75 Å². The van der Waals surface area contributed by atoms with E-state index in [2.05, 4.69) is 11.9 Å². The zero-order valence-electron chi connectivity index (χ0n) is 17.5. The maximum atomic E-state index is 12.4. The minimum absolute atomic E-state index is 0.0308. The Morgan fingerprint density at radius 1 is 1.17 bits per heavy atom. The third-order valence-corrected chi connectivity index (χ3v) is 4.70. The molecule has 158 valence electrons. The summed E-state index contributed by atoms with van der Waals surface area (Å²) in [6, 6.07) is 10.9. The number of methoxy groups -OCH3 is 2. The summed E-state index contributed by atoms with van der Waals surface area (Å²) in [5.41, 5.74) is 3.16. The first-order valence-corrected chi connectivity index (χ1v) is 9.63. The highest BCUT2D eigenvalue weighted by atomic mass is 16.5. The van der Waals surface area contributed by atoms with E-state index in [4.69, 9.17) is 14.2 Å². The summed E-state index contributed by atoms with van der Waals surface area (Å²) in [7, 11) is 3.17. The van der Waals surface area contributed by atoms with Crippen molar-refractivity contribution in [2.75, 3.05) is 37.6 Å². The second-order valence-electron chi connectivity index (χ2n) is 7.15. The average molecular weight is 410 g/mol. The number of hydrogen-bond donors (Lipinski definition) is 1. The molecule has 0 bridgehead atoms. The van der Waals surface area contributed by atoms with E-state index in [9.17, 15) is 9.59 Å². The molecule has 1 heterocycles. The number of fused-ring (bicyclic) bond motifs is 1. The molecule has 7 heteroatoms. The van der Waals surface area contributed by atoms with Crippen LogP contribution in [0.2, 0.25) is 0 Å². The fourth-order valence-electron chi connectivity index (χ4n) is 3.24. The van der Waals surface area contributed by atoms with Crippen LogP contribution in [0.4, 0.5) is 11.4 Å². The Morgan fingerprint density at radius 2 is 1.93 bits per heavy atom. The van der Waals surface area contributed by atoms with E-state index in [1.807, 2.05) is 25.1 Å². The summed E-state index contributed by atoms with van der Waals surface area (Å²) in [5, 5.41) is 2.88. The van der Waals surface area contributed by atoms with Crippen molar-refractivity contribution in [3.8, 4) is 17.2 Å². The number of anilines is 2. The van der Waals surface area contributed by atoms with Crippen molar-refractivity contribution >= 4 is 23.2 Å². The first-order chi connectivity index (χ1) is 14.4. The molecule has 0 unspecified atom stereocenters. The van der Waals surface area contributed by atoms with Crippen LogP contribution in [-0.4, -0.2) is 39.2 Å². The molecule has 2 amide bonds. The van der Waals surface area contributed by atoms with Gasteiger partial charge in [0, 0.05) is 24.7 Å². The van der Waals surface area contributed by atoms with Crippen molar-refractivity contribution in [2.24, 2.45) is 0 Å². The van der Waals surface area contributed by atoms with Crippen LogP contribution in [0.5, 0.6) is 17.2 Å². The maximum Gasteiger partial charge on any atom is 0.265 e. The molecule has 1 aliphatic rings. The van der Waals surface area contributed by atoms with Gasteiger partial charge in [-0.3, -0.25) is 9.59 Å². The zero-order chi connectivity index (χ0) is 21.7. The van der Waals surface area contributed by atoms with E-state index in [-0.39, 0.29) is 18.4 Å². The normalized spacial score (nSPS) is 12.6. The molecule has 0 aromatic heterocycles. The summed E-state index contributed by atoms with van der Waals surface area (Å²) in [6.45, 7) is 6.15. The van der Waals surface area contributed by atoms with Crippen molar-refractivity contribution in [3.05, 3.63) is 54.1 Å². The molecule has 0 fully saturated rings. The summed E-state index contributed by atoms with van der Waals surface area (Å²) >= 11 is 0. The maximum absolute atomic E-state index is 12.4. The lowest BCUT2D eigenvalue weighted by atomic mass is 10.1. The molecule has 3 rings (SSSR count). The SMILES string of the molecule is C=C(C)CN1C(=O)COc2cc(NC(=O)CCc3ccc(OC)c(OC)c3)ccc21. The number of nitrogens with one attached hydrogen (secondary N) is 1. The van der Waals surface area contributed by atoms with Gasteiger partial charge in [0.2, 0.25) is 5.91 Å². The minimum atomic E-state index is -0.115. The van der Waals surface area contributed by atoms with Gasteiger partial charge in [0.05, 0.1) is 19.9 Å². The van der Waals surface area contributed by atoms with E-state index >= 15 is 0 Å². The monoisotopic (exact) mass is 410 g/mol. The number of hydrogen-bond acceptors (Lipinski definition) is 5. The Bertz CT molecular complexity index is 970. The van der Waals surface area contributed by atoms with Crippen LogP contribution < -0.4 is 24.4 Å². The minimum Gasteiger partial charge on any atom is -0.493 e. The molecule has 0 saturated carbocycles. The topological polar surface area (TPSA) is 77.1 Å². The van der Waals surface area contributed by atoms with E-state index < -0.39 is 0 Å². The number of ether oxygens (including phenoxy) is 3. The fourth-order valence-corrected chi connectivity index (χ4v) is 3.24. The van der Waals surface area contributed by atoms with E-state index in [0.29, 0.717) is 48.0 Å². The highest BCUT2D eigenvalue weighted by Gasteiger charge is 2.25. The van der Waals surface area contributed by atoms with Gasteiger partial charge >= 0.3 is 0 Å². The lowest BCUT2D eigenvalue weighted by Crippen LogP contribution is -2.39. The summed E-state index contributed by atoms with van der Waals surface area (Å²) in [6.07, 6.45) is 0.877. The molecule has 0 spiro atoms. The van der Waals surface area contributed by atoms with Gasteiger partial charge in [-0.2, -0.15) is 0 Å². The number of amides is 2. The van der Waals surface area contributed by atoms with Crippen LogP contribution in [0, 0.1) is 0 Å². The van der Waals surface area contributed by atoms with Crippen LogP contribution in [-0.2, 0) is 16.0 Å². The number of carbonyl (C=O) groups excluding carboxylic acids is 2. The molecule has 0 atom stereocenters. The van der Waals surface area contributed by atoms with Gasteiger partial charge in [-0.25, -0.2) is 0 Å². The van der Waals surface area contributed by atoms with Gasteiger partial charge in [-0.1, -0.05) is 18.2 Å². The summed E-state index contributed by atoms with van der Waals surface area (Å²) < 4.78 is 16.1. The predicted molar refractivity (Wildman–Crippen MR) is 116 cm³/mol. The Hall–Kier alpha value is -3.48. The molecule has 1 aliphatic heterocycles. The van der Waals surface area contributed by atoms with Crippen LogP contribution in [0.15, 0.2) is 48.6 Å². The van der Waals surface area contributed by atoms with Gasteiger partial charge < -0.3 is 24.4 Å². The van der Waals surface area contributed by atoms with Gasteiger partial charge in [0.15, 0.2) is 18.1 Å². The molecule has 0 saturated heterocycles. The second kappa shape index (κ2) is 9.35. The zero-order valence-corrected chi connectivity index (χ0v) is 17.5. The van der Waals surface area contributed by atoms with Crippen LogP contribution in [0.25, 0.3) is 0 Å². The van der Waals surface area contributed by atoms with Crippen molar-refractivity contribution in [3.63, 3.8) is 0 Å². The molecule has 7 nitrogen and oxygen atoms in total. The van der Waals surface area contributed by atoms with Crippen LogP contribution in [0.1, 0.15) is 18.9 Å². The van der Waals surface area contributed by atoms with Gasteiger partial charge in [-0.05, 0) is 43.2 Å². The molecule has 0 radical (unpaired) electrons. The number of nitrogens with zero attached hydrogens (tertiary/aromatic N) is 1. The first-order valence-electron chi connectivity index (χ1n) is 9.63. The van der Waals surface area contributed by atoms with Crippen LogP contribution in [0.3, 0.4) is 0 Å². The Labute approximate surface area is 176 Å². The number of aryl methyl sites for hydroxylation is 1. The third-order valence-electron chi connectivity index (χ3n) is 4.70. The first kappa shape index (κ1) is 21.2. The highest BCUT2D eigenvalue weighted by Crippen LogP contribution is 2.35. The van der Waals surface area contributed by atoms with Crippen LogP contribution >= 0.6 is 0 Å². The number of benzene rings is 2. The van der Waals surface area contributed by atoms with Crippen molar-refractivity contribution in [2.45, 2.75) is 19.8 Å². The smallest absolute Gasteiger partial charge is 0.265 e. The van der Waals surface area contributed by atoms with Crippen molar-refractivity contribution in [1.82, 2.24) is 0 Å². The Morgan fingerprint density at radius 3 is 2.63 bits per heavy atom. The van der Waals surface area contributed by atoms with E-state index in [1.165, 1.54) is 0 Å². The molecule has 0 aliphatic carbocycles. The average Bonchev–Trinajstić information content (AvgIpc) is 2.73. The molecular formula is C23H26N2O5. The third kappa shape index (κ3) is 4.92. The van der Waals surface area contributed by atoms with E-state index in [1.54, 1.807) is 37.3 Å². The standard InChI is InChI=1S/C23H26N2O5/c1-15(2)13-25-18-8-7-17(12-20(18)30-14-23(25)27)24-22(26)10-6-16-5-9-19(28-3)21(11-16)29-4/h5,7-9,11-12H,1,6,10,13-14H2,2-4H3,(H,24,26).